The molecule has 13 heteroatoms. The van der Waals surface area contributed by atoms with E-state index in [0.29, 0.717) is 34.0 Å². The molecule has 0 radical (unpaired) electrons. The number of nitrogen functional groups attached to an aromatic ring is 1. The van der Waals surface area contributed by atoms with Crippen molar-refractivity contribution in [3.63, 3.8) is 0 Å². The van der Waals surface area contributed by atoms with Crippen molar-refractivity contribution >= 4 is 40.1 Å². The number of rotatable bonds is 6. The van der Waals surface area contributed by atoms with E-state index in [1.54, 1.807) is 41.2 Å². The summed E-state index contributed by atoms with van der Waals surface area (Å²) in [6, 6.07) is 9.95. The number of pyridine rings is 1. The lowest BCUT2D eigenvalue weighted by Gasteiger charge is -2.37. The van der Waals surface area contributed by atoms with Gasteiger partial charge in [0.05, 0.1) is 31.3 Å². The summed E-state index contributed by atoms with van der Waals surface area (Å²) in [5.41, 5.74) is 5.68. The molecule has 0 spiro atoms. The van der Waals surface area contributed by atoms with Gasteiger partial charge in [0.25, 0.3) is 11.8 Å². The summed E-state index contributed by atoms with van der Waals surface area (Å²) in [6.07, 6.45) is 0.132. The fraction of sp³-hybridized carbons (Fsp3) is 0.292. The average Bonchev–Trinajstić information content (AvgIpc) is 3.46. The van der Waals surface area contributed by atoms with Gasteiger partial charge in [-0.05, 0) is 32.0 Å². The smallest absolute Gasteiger partial charge is 0.260 e. The first kappa shape index (κ1) is 24.2. The molecular weight excluding hydrogens is 482 g/mol. The van der Waals surface area contributed by atoms with Crippen molar-refractivity contribution in [1.82, 2.24) is 19.9 Å². The number of amides is 2. The first-order valence-electron chi connectivity index (χ1n) is 11.4. The Morgan fingerprint density at radius 2 is 2.11 bits per heavy atom. The number of nitrogens with zero attached hydrogens (tertiary/aromatic N) is 5. The van der Waals surface area contributed by atoms with E-state index in [0.717, 1.165) is 5.69 Å². The van der Waals surface area contributed by atoms with Crippen molar-refractivity contribution in [3.8, 4) is 11.6 Å². The molecule has 1 fully saturated rings. The second kappa shape index (κ2) is 9.19. The number of hydrogen-bond donors (Lipinski definition) is 3. The quantitative estimate of drug-likeness (QED) is 0.347. The number of methoxy groups -OCH3 is 1. The summed E-state index contributed by atoms with van der Waals surface area (Å²) in [7, 11) is 1.52. The highest BCUT2D eigenvalue weighted by Gasteiger charge is 2.49. The minimum absolute atomic E-state index is 0.0954. The van der Waals surface area contributed by atoms with Crippen molar-refractivity contribution in [2.24, 2.45) is 0 Å². The SMILES string of the molecule is COc1cc(-n2nc(N3CCO[C@H]([C@@](C)(O)C(=O)Nc4ccc5c(N)noc5c4)C3=O)cc2C)ccn1. The fourth-order valence-electron chi connectivity index (χ4n) is 4.12. The lowest BCUT2D eigenvalue weighted by atomic mass is 9.95. The number of ether oxygens (including phenoxy) is 2. The third-order valence-electron chi connectivity index (χ3n) is 6.14. The van der Waals surface area contributed by atoms with Crippen LogP contribution >= 0.6 is 0 Å². The topological polar surface area (TPSA) is 171 Å². The van der Waals surface area contributed by atoms with Gasteiger partial charge < -0.3 is 30.2 Å². The van der Waals surface area contributed by atoms with Gasteiger partial charge in [0.1, 0.15) is 0 Å². The average molecular weight is 508 g/mol. The molecule has 0 bridgehead atoms. The third kappa shape index (κ3) is 4.34. The van der Waals surface area contributed by atoms with Crippen molar-refractivity contribution in [1.29, 1.82) is 0 Å². The first-order chi connectivity index (χ1) is 17.7. The maximum absolute atomic E-state index is 13.4. The maximum Gasteiger partial charge on any atom is 0.260 e. The molecule has 4 aromatic rings. The number of nitrogens with two attached hydrogens (primary N) is 1. The number of carbonyl (C=O) groups excluding carboxylic acids is 2. The first-order valence-corrected chi connectivity index (χ1v) is 11.4. The van der Waals surface area contributed by atoms with Crippen molar-refractivity contribution in [2.45, 2.75) is 25.6 Å². The van der Waals surface area contributed by atoms with Crippen LogP contribution in [0.15, 0.2) is 47.1 Å². The highest BCUT2D eigenvalue weighted by atomic mass is 16.5. The van der Waals surface area contributed by atoms with Crippen LogP contribution in [0.4, 0.5) is 17.3 Å². The predicted molar refractivity (Wildman–Crippen MR) is 132 cm³/mol. The summed E-state index contributed by atoms with van der Waals surface area (Å²) in [5, 5.41) is 22.6. The normalized spacial score (nSPS) is 17.6. The van der Waals surface area contributed by atoms with E-state index >= 15 is 0 Å². The van der Waals surface area contributed by atoms with Crippen molar-refractivity contribution < 1.29 is 28.7 Å². The molecule has 13 nitrogen and oxygen atoms in total. The van der Waals surface area contributed by atoms with Crippen LogP contribution in [-0.4, -0.2) is 68.8 Å². The zero-order valence-electron chi connectivity index (χ0n) is 20.3. The Bertz CT molecular complexity index is 1490. The molecule has 1 aromatic carbocycles. The molecule has 37 heavy (non-hydrogen) atoms. The highest BCUT2D eigenvalue weighted by molar-refractivity contribution is 6.06. The summed E-state index contributed by atoms with van der Waals surface area (Å²) in [4.78, 5) is 31.9. The second-order valence-corrected chi connectivity index (χ2v) is 8.73. The van der Waals surface area contributed by atoms with Gasteiger partial charge in [0, 0.05) is 35.8 Å². The van der Waals surface area contributed by atoms with Gasteiger partial charge in [-0.15, -0.1) is 5.10 Å². The molecule has 0 unspecified atom stereocenters. The number of nitrogens with one attached hydrogen (secondary N) is 1. The molecule has 4 N–H and O–H groups in total. The van der Waals surface area contributed by atoms with Gasteiger partial charge in [0.15, 0.2) is 28.9 Å². The van der Waals surface area contributed by atoms with Crippen LogP contribution in [-0.2, 0) is 14.3 Å². The third-order valence-corrected chi connectivity index (χ3v) is 6.14. The number of fused-ring (bicyclic) bond motifs is 1. The highest BCUT2D eigenvalue weighted by Crippen LogP contribution is 2.28. The Hall–Kier alpha value is -4.49. The lowest BCUT2D eigenvalue weighted by molar-refractivity contribution is -0.165. The van der Waals surface area contributed by atoms with Crippen LogP contribution < -0.4 is 20.7 Å². The predicted octanol–water partition coefficient (Wildman–Crippen LogP) is 1.43. The van der Waals surface area contributed by atoms with Gasteiger partial charge in [-0.3, -0.25) is 14.5 Å². The van der Waals surface area contributed by atoms with Gasteiger partial charge in [-0.2, -0.15) is 0 Å². The number of anilines is 3. The summed E-state index contributed by atoms with van der Waals surface area (Å²) >= 11 is 0. The molecule has 5 rings (SSSR count). The zero-order chi connectivity index (χ0) is 26.3. The van der Waals surface area contributed by atoms with Crippen LogP contribution in [0.1, 0.15) is 12.6 Å². The van der Waals surface area contributed by atoms with E-state index in [1.165, 1.54) is 25.0 Å². The largest absolute Gasteiger partial charge is 0.481 e. The number of carbonyl (C=O) groups is 2. The molecule has 2 amide bonds. The van der Waals surface area contributed by atoms with Crippen molar-refractivity contribution in [2.75, 3.05) is 36.2 Å². The summed E-state index contributed by atoms with van der Waals surface area (Å²) in [6.45, 7) is 3.37. The Morgan fingerprint density at radius 3 is 2.89 bits per heavy atom. The molecule has 3 aromatic heterocycles. The minimum Gasteiger partial charge on any atom is -0.481 e. The lowest BCUT2D eigenvalue weighted by Crippen LogP contribution is -2.61. The molecule has 0 saturated carbocycles. The molecule has 2 atom stereocenters. The van der Waals surface area contributed by atoms with Crippen LogP contribution in [0.2, 0.25) is 0 Å². The monoisotopic (exact) mass is 507 g/mol. The number of aromatic nitrogens is 4. The fourth-order valence-corrected chi connectivity index (χ4v) is 4.12. The number of aryl methyl sites for hydroxylation is 1. The summed E-state index contributed by atoms with van der Waals surface area (Å²) in [5.74, 6) is -0.422. The van der Waals surface area contributed by atoms with E-state index in [-0.39, 0.29) is 19.0 Å². The zero-order valence-corrected chi connectivity index (χ0v) is 20.3. The minimum atomic E-state index is -2.19. The van der Waals surface area contributed by atoms with Crippen LogP contribution in [0.25, 0.3) is 16.7 Å². The molecule has 1 aliphatic rings. The molecule has 0 aliphatic carbocycles. The number of hydrogen-bond acceptors (Lipinski definition) is 10. The Balaban J connectivity index is 1.36. The van der Waals surface area contributed by atoms with Crippen LogP contribution in [0, 0.1) is 6.92 Å². The molecule has 1 aliphatic heterocycles. The molecule has 192 valence electrons. The van der Waals surface area contributed by atoms with Crippen LogP contribution in [0.5, 0.6) is 5.88 Å². The van der Waals surface area contributed by atoms with Gasteiger partial charge in [-0.25, -0.2) is 9.67 Å². The van der Waals surface area contributed by atoms with E-state index in [1.807, 2.05) is 6.92 Å². The van der Waals surface area contributed by atoms with E-state index in [2.05, 4.69) is 20.6 Å². The van der Waals surface area contributed by atoms with Gasteiger partial charge in [-0.1, -0.05) is 5.16 Å². The number of morpholine rings is 1. The standard InChI is InChI=1S/C24H25N7O6/c1-13-10-18(28-31(13)15-6-7-26-19(12-15)35-3)30-8-9-36-20(22(30)32)24(2,34)23(33)27-14-4-5-16-17(11-14)37-29-21(16)25/h4-7,10-12,20,34H,8-9H2,1-3H3,(H2,25,29)(H,27,33)/t20-,24+/m0/s1. The molecular formula is C24H25N7O6. The van der Waals surface area contributed by atoms with Crippen LogP contribution in [0.3, 0.4) is 0 Å². The Morgan fingerprint density at radius 1 is 1.30 bits per heavy atom. The Kier molecular flexibility index (Phi) is 6.01. The van der Waals surface area contributed by atoms with Gasteiger partial charge >= 0.3 is 0 Å². The summed E-state index contributed by atoms with van der Waals surface area (Å²) < 4.78 is 17.5. The van der Waals surface area contributed by atoms with E-state index < -0.39 is 23.5 Å². The van der Waals surface area contributed by atoms with E-state index in [9.17, 15) is 14.7 Å². The van der Waals surface area contributed by atoms with Gasteiger partial charge in [0.2, 0.25) is 5.88 Å². The maximum atomic E-state index is 13.4. The number of aliphatic hydroxyl groups is 1. The van der Waals surface area contributed by atoms with Crippen molar-refractivity contribution in [3.05, 3.63) is 48.3 Å². The second-order valence-electron chi connectivity index (χ2n) is 8.73. The van der Waals surface area contributed by atoms with E-state index in [4.69, 9.17) is 19.7 Å². The molecule has 4 heterocycles. The Labute approximate surface area is 210 Å². The molecule has 1 saturated heterocycles. The number of benzene rings is 1.